The van der Waals surface area contributed by atoms with Gasteiger partial charge < -0.3 is 15.6 Å². The third-order valence-corrected chi connectivity index (χ3v) is 6.61. The van der Waals surface area contributed by atoms with E-state index < -0.39 is 5.82 Å². The van der Waals surface area contributed by atoms with Gasteiger partial charge in [-0.1, -0.05) is 6.08 Å². The molecule has 0 bridgehead atoms. The Hall–Kier alpha value is -3.70. The monoisotopic (exact) mass is 447 g/mol. The van der Waals surface area contributed by atoms with Crippen LogP contribution in [0.5, 0.6) is 0 Å². The Morgan fingerprint density at radius 2 is 1.85 bits per heavy atom. The summed E-state index contributed by atoms with van der Waals surface area (Å²) in [7, 11) is 0. The van der Waals surface area contributed by atoms with Crippen LogP contribution in [0.2, 0.25) is 0 Å². The van der Waals surface area contributed by atoms with Crippen molar-refractivity contribution in [1.82, 2.24) is 9.88 Å². The molecule has 8 heteroatoms. The van der Waals surface area contributed by atoms with E-state index >= 15 is 0 Å². The van der Waals surface area contributed by atoms with Crippen molar-refractivity contribution >= 4 is 27.7 Å². The Kier molecular flexibility index (Phi) is 5.35. The number of hydrogen-bond acceptors (Lipinski definition) is 5. The first-order chi connectivity index (χ1) is 15.9. The van der Waals surface area contributed by atoms with E-state index in [4.69, 9.17) is 11.0 Å². The van der Waals surface area contributed by atoms with Gasteiger partial charge in [0.25, 0.3) is 5.56 Å². The Morgan fingerprint density at radius 1 is 1.06 bits per heavy atom. The van der Waals surface area contributed by atoms with Crippen molar-refractivity contribution in [2.45, 2.75) is 18.9 Å². The van der Waals surface area contributed by atoms with Crippen molar-refractivity contribution in [3.8, 4) is 6.07 Å². The van der Waals surface area contributed by atoms with Crippen LogP contribution in [-0.2, 0) is 0 Å². The summed E-state index contributed by atoms with van der Waals surface area (Å²) in [6.07, 6.45) is 3.92. The minimum Gasteiger partial charge on any atom is -0.398 e. The molecule has 6 nitrogen and oxygen atoms in total. The lowest BCUT2D eigenvalue weighted by atomic mass is 10.1. The summed E-state index contributed by atoms with van der Waals surface area (Å²) in [5.41, 5.74) is 8.46. The predicted octanol–water partition coefficient (Wildman–Crippen LogP) is 3.63. The van der Waals surface area contributed by atoms with Gasteiger partial charge in [0.2, 0.25) is 0 Å². The van der Waals surface area contributed by atoms with Crippen LogP contribution in [0, 0.1) is 23.0 Å². The summed E-state index contributed by atoms with van der Waals surface area (Å²) in [6.45, 7) is 2.96. The zero-order chi connectivity index (χ0) is 23.1. The van der Waals surface area contributed by atoms with E-state index in [1.165, 1.54) is 18.2 Å². The highest BCUT2D eigenvalue weighted by Crippen LogP contribution is 2.32. The van der Waals surface area contributed by atoms with Crippen LogP contribution >= 0.6 is 0 Å². The quantitative estimate of drug-likeness (QED) is 0.599. The summed E-state index contributed by atoms with van der Waals surface area (Å²) in [5.74, 6) is -0.900. The molecule has 3 N–H and O–H groups in total. The van der Waals surface area contributed by atoms with Gasteiger partial charge in [-0.3, -0.25) is 9.69 Å². The highest BCUT2D eigenvalue weighted by atomic mass is 19.1. The average Bonchev–Trinajstić information content (AvgIpc) is 3.30. The first kappa shape index (κ1) is 21.2. The van der Waals surface area contributed by atoms with Crippen molar-refractivity contribution in [3.05, 3.63) is 75.7 Å². The summed E-state index contributed by atoms with van der Waals surface area (Å²) in [5, 5.41) is 9.73. The van der Waals surface area contributed by atoms with Crippen LogP contribution in [0.4, 0.5) is 20.2 Å². The van der Waals surface area contributed by atoms with Crippen LogP contribution in [-0.4, -0.2) is 42.1 Å². The molecule has 2 aliphatic rings. The number of aromatic amines is 1. The Morgan fingerprint density at radius 3 is 2.58 bits per heavy atom. The molecule has 168 valence electrons. The lowest BCUT2D eigenvalue weighted by Gasteiger charge is -2.38. The zero-order valence-corrected chi connectivity index (χ0v) is 17.9. The largest absolute Gasteiger partial charge is 0.398 e. The number of nitrogens with one attached hydrogen (secondary N) is 1. The Balaban J connectivity index is 1.31. The van der Waals surface area contributed by atoms with Crippen LogP contribution < -0.4 is 16.2 Å². The molecule has 5 rings (SSSR count). The number of nitrogen functional groups attached to an aromatic ring is 1. The van der Waals surface area contributed by atoms with E-state index in [0.717, 1.165) is 31.5 Å². The lowest BCUT2D eigenvalue weighted by Crippen LogP contribution is -2.49. The van der Waals surface area contributed by atoms with Crippen LogP contribution in [0.25, 0.3) is 16.3 Å². The second kappa shape index (κ2) is 8.34. The first-order valence-electron chi connectivity index (χ1n) is 10.9. The molecule has 1 aliphatic heterocycles. The number of fused-ring (bicyclic) bond motifs is 1. The number of hydrogen-bond donors (Lipinski definition) is 2. The van der Waals surface area contributed by atoms with Crippen molar-refractivity contribution < 1.29 is 8.78 Å². The van der Waals surface area contributed by atoms with Gasteiger partial charge in [-0.25, -0.2) is 8.78 Å². The molecule has 0 spiro atoms. The number of anilines is 2. The highest BCUT2D eigenvalue weighted by Gasteiger charge is 2.28. The number of rotatable bonds is 3. The van der Waals surface area contributed by atoms with Crippen molar-refractivity contribution in [2.24, 2.45) is 0 Å². The Bertz CT molecular complexity index is 1370. The van der Waals surface area contributed by atoms with Crippen molar-refractivity contribution in [1.29, 1.82) is 5.26 Å². The number of benzene rings is 2. The van der Waals surface area contributed by atoms with E-state index in [1.54, 1.807) is 12.1 Å². The smallest absolute Gasteiger partial charge is 0.256 e. The minimum atomic E-state index is -0.529. The maximum absolute atomic E-state index is 14.4. The topological polar surface area (TPSA) is 89.2 Å². The first-order valence-corrected chi connectivity index (χ1v) is 10.9. The molecule has 1 atom stereocenters. The highest BCUT2D eigenvalue weighted by molar-refractivity contribution is 5.94. The molecular formula is C25H23F2N5O. The number of nitriles is 1. The lowest BCUT2D eigenvalue weighted by molar-refractivity contribution is 0.214. The number of aromatic nitrogens is 1. The number of nitrogens with zero attached hydrogens (tertiary/aromatic N) is 3. The van der Waals surface area contributed by atoms with Crippen LogP contribution in [0.15, 0.2) is 47.3 Å². The van der Waals surface area contributed by atoms with Gasteiger partial charge in [0.15, 0.2) is 0 Å². The third kappa shape index (κ3) is 3.96. The number of allylic oxidation sites excluding steroid dienone is 1. The van der Waals surface area contributed by atoms with Gasteiger partial charge in [-0.15, -0.1) is 0 Å². The van der Waals surface area contributed by atoms with Crippen LogP contribution in [0.1, 0.15) is 24.1 Å². The van der Waals surface area contributed by atoms with E-state index in [1.807, 2.05) is 17.0 Å². The molecule has 0 amide bonds. The van der Waals surface area contributed by atoms with Gasteiger partial charge in [0.05, 0.1) is 22.7 Å². The van der Waals surface area contributed by atoms with Gasteiger partial charge in [0, 0.05) is 49.0 Å². The normalized spacial score (nSPS) is 19.0. The van der Waals surface area contributed by atoms with E-state index in [0.29, 0.717) is 35.4 Å². The molecule has 1 saturated heterocycles. The fraction of sp³-hybridized carbons (Fsp3) is 0.280. The van der Waals surface area contributed by atoms with Gasteiger partial charge in [-0.2, -0.15) is 5.26 Å². The molecular weight excluding hydrogens is 424 g/mol. The molecule has 2 heterocycles. The summed E-state index contributed by atoms with van der Waals surface area (Å²) in [6, 6.07) is 11.0. The SMILES string of the molecule is N#Cc1ccc(N2CCN(C3C=C(c4cc5c(N)cc(F)cc5c(=O)[nH]4)CC3)CC2)c(F)c1. The maximum atomic E-state index is 14.4. The molecule has 0 radical (unpaired) electrons. The van der Waals surface area contributed by atoms with E-state index in [2.05, 4.69) is 16.0 Å². The van der Waals surface area contributed by atoms with Crippen molar-refractivity contribution in [2.75, 3.05) is 36.8 Å². The summed E-state index contributed by atoms with van der Waals surface area (Å²) < 4.78 is 28.0. The van der Waals surface area contributed by atoms with E-state index in [-0.39, 0.29) is 28.5 Å². The molecule has 3 aromatic rings. The standard InChI is InChI=1S/C25H23F2N5O/c26-17-11-20-19(22(29)12-17)13-23(30-25(20)33)16-2-3-18(10-16)31-5-7-32(8-6-31)24-4-1-15(14-28)9-21(24)27/h1,4,9-13,18H,2-3,5-8,29H2,(H,30,33). The van der Waals surface area contributed by atoms with Crippen LogP contribution in [0.3, 0.4) is 0 Å². The second-order valence-corrected chi connectivity index (χ2v) is 8.57. The summed E-state index contributed by atoms with van der Waals surface area (Å²) >= 11 is 0. The van der Waals surface area contributed by atoms with Crippen molar-refractivity contribution in [3.63, 3.8) is 0 Å². The number of piperazine rings is 1. The molecule has 0 saturated carbocycles. The number of H-pyrrole nitrogens is 1. The molecule has 1 aromatic heterocycles. The average molecular weight is 447 g/mol. The molecule has 2 aromatic carbocycles. The van der Waals surface area contributed by atoms with Gasteiger partial charge in [0.1, 0.15) is 11.6 Å². The van der Waals surface area contributed by atoms with Gasteiger partial charge in [-0.05, 0) is 54.8 Å². The fourth-order valence-electron chi connectivity index (χ4n) is 4.87. The Labute approximate surface area is 189 Å². The minimum absolute atomic E-state index is 0.234. The molecule has 1 unspecified atom stereocenters. The molecule has 33 heavy (non-hydrogen) atoms. The molecule has 1 aliphatic carbocycles. The summed E-state index contributed by atoms with van der Waals surface area (Å²) in [4.78, 5) is 19.8. The number of pyridine rings is 1. The fourth-order valence-corrected chi connectivity index (χ4v) is 4.87. The number of nitrogens with two attached hydrogens (primary N) is 1. The van der Waals surface area contributed by atoms with Gasteiger partial charge >= 0.3 is 0 Å². The zero-order valence-electron chi connectivity index (χ0n) is 17.9. The maximum Gasteiger partial charge on any atom is 0.256 e. The predicted molar refractivity (Wildman–Crippen MR) is 125 cm³/mol. The molecule has 1 fully saturated rings. The third-order valence-electron chi connectivity index (χ3n) is 6.61. The van der Waals surface area contributed by atoms with E-state index in [9.17, 15) is 13.6 Å². The second-order valence-electron chi connectivity index (χ2n) is 8.57. The number of halogens is 2.